The zero-order valence-corrected chi connectivity index (χ0v) is 10.5. The molecule has 0 aromatic carbocycles. The highest BCUT2D eigenvalue weighted by Crippen LogP contribution is 2.11. The summed E-state index contributed by atoms with van der Waals surface area (Å²) >= 11 is 0. The van der Waals surface area contributed by atoms with Crippen LogP contribution in [0.1, 0.15) is 27.2 Å². The van der Waals surface area contributed by atoms with Gasteiger partial charge in [0.2, 0.25) is 0 Å². The van der Waals surface area contributed by atoms with Gasteiger partial charge in [0, 0.05) is 25.7 Å². The van der Waals surface area contributed by atoms with Gasteiger partial charge in [0.1, 0.15) is 0 Å². The van der Waals surface area contributed by atoms with E-state index in [0.29, 0.717) is 6.54 Å². The summed E-state index contributed by atoms with van der Waals surface area (Å²) in [7, 11) is -3.30. The summed E-state index contributed by atoms with van der Waals surface area (Å²) in [5, 5.41) is 3.09. The van der Waals surface area contributed by atoms with Crippen LogP contribution in [0.15, 0.2) is 0 Å². The standard InChI is InChI=1S/C9H21N3O2S/c1-4-5-12(9-6-10-7-9)15(13,14)11-8(2)3/h8-11H,4-7H2,1-3H3. The number of rotatable bonds is 6. The summed E-state index contributed by atoms with van der Waals surface area (Å²) in [4.78, 5) is 0. The Labute approximate surface area is 92.4 Å². The van der Waals surface area contributed by atoms with Gasteiger partial charge in [-0.25, -0.2) is 0 Å². The third kappa shape index (κ3) is 3.41. The Hall–Kier alpha value is -0.170. The van der Waals surface area contributed by atoms with Gasteiger partial charge in [-0.05, 0) is 20.3 Å². The van der Waals surface area contributed by atoms with Crippen molar-refractivity contribution in [1.82, 2.24) is 14.3 Å². The minimum Gasteiger partial charge on any atom is -0.313 e. The fourth-order valence-corrected chi connectivity index (χ4v) is 3.26. The molecular formula is C9H21N3O2S. The van der Waals surface area contributed by atoms with Crippen LogP contribution < -0.4 is 10.0 Å². The SMILES string of the molecule is CCCN(C1CNC1)S(=O)(=O)NC(C)C. The van der Waals surface area contributed by atoms with Crippen molar-refractivity contribution in [1.29, 1.82) is 0 Å². The number of nitrogens with zero attached hydrogens (tertiary/aromatic N) is 1. The molecule has 0 atom stereocenters. The molecule has 15 heavy (non-hydrogen) atoms. The number of hydrogen-bond acceptors (Lipinski definition) is 3. The van der Waals surface area contributed by atoms with Gasteiger partial charge < -0.3 is 5.32 Å². The van der Waals surface area contributed by atoms with Crippen LogP contribution in [0.5, 0.6) is 0 Å². The average Bonchev–Trinajstić information content (AvgIpc) is 1.97. The second kappa shape index (κ2) is 5.25. The molecule has 90 valence electrons. The Morgan fingerprint density at radius 3 is 2.40 bits per heavy atom. The van der Waals surface area contributed by atoms with E-state index in [1.54, 1.807) is 4.31 Å². The van der Waals surface area contributed by atoms with E-state index >= 15 is 0 Å². The molecule has 1 rings (SSSR count). The van der Waals surface area contributed by atoms with Crippen molar-refractivity contribution in [3.8, 4) is 0 Å². The molecule has 0 aromatic rings. The first kappa shape index (κ1) is 12.9. The monoisotopic (exact) mass is 235 g/mol. The fraction of sp³-hybridized carbons (Fsp3) is 1.00. The first-order chi connectivity index (χ1) is 6.97. The molecule has 5 nitrogen and oxygen atoms in total. The lowest BCUT2D eigenvalue weighted by atomic mass is 10.2. The largest absolute Gasteiger partial charge is 0.313 e. The highest BCUT2D eigenvalue weighted by atomic mass is 32.2. The van der Waals surface area contributed by atoms with Gasteiger partial charge in [0.25, 0.3) is 10.2 Å². The predicted octanol–water partition coefficient (Wildman–Crippen LogP) is -0.0870. The van der Waals surface area contributed by atoms with Crippen molar-refractivity contribution in [2.75, 3.05) is 19.6 Å². The van der Waals surface area contributed by atoms with E-state index in [4.69, 9.17) is 0 Å². The van der Waals surface area contributed by atoms with Crippen LogP contribution in [-0.4, -0.2) is 44.4 Å². The van der Waals surface area contributed by atoms with Gasteiger partial charge in [-0.15, -0.1) is 0 Å². The van der Waals surface area contributed by atoms with Crippen LogP contribution in [0, 0.1) is 0 Å². The Balaban J connectivity index is 2.68. The van der Waals surface area contributed by atoms with Crippen molar-refractivity contribution < 1.29 is 8.42 Å². The third-order valence-corrected chi connectivity index (χ3v) is 4.17. The zero-order valence-electron chi connectivity index (χ0n) is 9.66. The summed E-state index contributed by atoms with van der Waals surface area (Å²) in [6, 6.07) is 0.0728. The molecule has 6 heteroatoms. The van der Waals surface area contributed by atoms with Crippen LogP contribution in [0.25, 0.3) is 0 Å². The Morgan fingerprint density at radius 1 is 1.47 bits per heavy atom. The molecule has 0 spiro atoms. The summed E-state index contributed by atoms with van der Waals surface area (Å²) in [5.41, 5.74) is 0. The molecule has 0 saturated carbocycles. The lowest BCUT2D eigenvalue weighted by molar-refractivity contribution is 0.238. The molecule has 2 N–H and O–H groups in total. The van der Waals surface area contributed by atoms with Gasteiger partial charge in [-0.3, -0.25) is 0 Å². The average molecular weight is 235 g/mol. The molecule has 0 aliphatic carbocycles. The van der Waals surface area contributed by atoms with E-state index in [2.05, 4.69) is 10.0 Å². The summed E-state index contributed by atoms with van der Waals surface area (Å²) < 4.78 is 28.1. The van der Waals surface area contributed by atoms with Crippen molar-refractivity contribution in [2.45, 2.75) is 39.3 Å². The van der Waals surface area contributed by atoms with Gasteiger partial charge in [-0.1, -0.05) is 6.92 Å². The summed E-state index contributed by atoms with van der Waals surface area (Å²) in [6.07, 6.45) is 0.843. The highest BCUT2D eigenvalue weighted by Gasteiger charge is 2.33. The van der Waals surface area contributed by atoms with E-state index in [-0.39, 0.29) is 12.1 Å². The van der Waals surface area contributed by atoms with Gasteiger partial charge in [-0.2, -0.15) is 17.4 Å². The Morgan fingerprint density at radius 2 is 2.07 bits per heavy atom. The Kier molecular flexibility index (Phi) is 4.51. The summed E-state index contributed by atoms with van der Waals surface area (Å²) in [5.74, 6) is 0. The van der Waals surface area contributed by atoms with Crippen LogP contribution in [0.4, 0.5) is 0 Å². The van der Waals surface area contributed by atoms with Crippen molar-refractivity contribution in [2.24, 2.45) is 0 Å². The molecule has 0 radical (unpaired) electrons. The molecule has 1 aliphatic rings. The van der Waals surface area contributed by atoms with E-state index in [0.717, 1.165) is 19.5 Å². The molecule has 0 aromatic heterocycles. The lowest BCUT2D eigenvalue weighted by Crippen LogP contribution is -2.61. The quantitative estimate of drug-likeness (QED) is 0.676. The normalized spacial score (nSPS) is 18.5. The highest BCUT2D eigenvalue weighted by molar-refractivity contribution is 7.87. The van der Waals surface area contributed by atoms with Crippen molar-refractivity contribution >= 4 is 10.2 Å². The maximum absolute atomic E-state index is 12.0. The van der Waals surface area contributed by atoms with Gasteiger partial charge in [0.05, 0.1) is 6.04 Å². The van der Waals surface area contributed by atoms with Crippen LogP contribution in [-0.2, 0) is 10.2 Å². The lowest BCUT2D eigenvalue weighted by Gasteiger charge is -2.37. The second-order valence-corrected chi connectivity index (χ2v) is 5.86. The molecule has 0 bridgehead atoms. The second-order valence-electron chi connectivity index (χ2n) is 4.20. The maximum atomic E-state index is 12.0. The predicted molar refractivity (Wildman–Crippen MR) is 60.8 cm³/mol. The number of hydrogen-bond donors (Lipinski definition) is 2. The zero-order chi connectivity index (χ0) is 11.5. The van der Waals surface area contributed by atoms with Gasteiger partial charge >= 0.3 is 0 Å². The van der Waals surface area contributed by atoms with Crippen molar-refractivity contribution in [3.05, 3.63) is 0 Å². The van der Waals surface area contributed by atoms with Crippen LogP contribution in [0.2, 0.25) is 0 Å². The molecular weight excluding hydrogens is 214 g/mol. The molecule has 1 aliphatic heterocycles. The van der Waals surface area contributed by atoms with E-state index in [1.165, 1.54) is 0 Å². The molecule has 1 saturated heterocycles. The minimum absolute atomic E-state index is 0.0533. The molecule has 0 amide bonds. The van der Waals surface area contributed by atoms with E-state index in [1.807, 2.05) is 20.8 Å². The molecule has 1 fully saturated rings. The van der Waals surface area contributed by atoms with Crippen molar-refractivity contribution in [3.63, 3.8) is 0 Å². The fourth-order valence-electron chi connectivity index (χ4n) is 1.56. The topological polar surface area (TPSA) is 61.4 Å². The number of nitrogens with one attached hydrogen (secondary N) is 2. The third-order valence-electron chi connectivity index (χ3n) is 2.30. The minimum atomic E-state index is -3.30. The molecule has 0 unspecified atom stereocenters. The molecule has 1 heterocycles. The first-order valence-corrected chi connectivity index (χ1v) is 6.91. The van der Waals surface area contributed by atoms with Crippen LogP contribution in [0.3, 0.4) is 0 Å². The van der Waals surface area contributed by atoms with Gasteiger partial charge in [0.15, 0.2) is 0 Å². The maximum Gasteiger partial charge on any atom is 0.280 e. The Bertz CT molecular complexity index is 286. The first-order valence-electron chi connectivity index (χ1n) is 5.47. The van der Waals surface area contributed by atoms with E-state index < -0.39 is 10.2 Å². The van der Waals surface area contributed by atoms with E-state index in [9.17, 15) is 8.42 Å². The summed E-state index contributed by atoms with van der Waals surface area (Å²) in [6.45, 7) is 7.78. The van der Waals surface area contributed by atoms with Crippen LogP contribution >= 0.6 is 0 Å². The smallest absolute Gasteiger partial charge is 0.280 e.